The second kappa shape index (κ2) is 16.2. The maximum atomic E-state index is 13.8. The van der Waals surface area contributed by atoms with Crippen LogP contribution in [-0.4, -0.2) is 78.8 Å². The number of methoxy groups -OCH3 is 1. The van der Waals surface area contributed by atoms with E-state index in [9.17, 15) is 19.5 Å². The third kappa shape index (κ3) is 8.70. The monoisotopic (exact) mass is 680 g/mol. The van der Waals surface area contributed by atoms with E-state index in [0.717, 1.165) is 5.56 Å². The van der Waals surface area contributed by atoms with Gasteiger partial charge in [-0.1, -0.05) is 37.3 Å². The molecule has 0 radical (unpaired) electrons. The first-order chi connectivity index (χ1) is 24.1. The number of carbonyl (C=O) groups is 3. The SMILES string of the molecule is COc1ccc(NC(=O)Nc2cccc3c2O[C@H](CN(C)Cc2ccc(C(=O)Nc4ccccc4N)cc2)[C@@H](C)CN([C@@H](C)CO)C3=O)cc1. The van der Waals surface area contributed by atoms with Crippen molar-refractivity contribution < 1.29 is 29.0 Å². The maximum absolute atomic E-state index is 13.8. The molecule has 0 fully saturated rings. The number of nitrogens with one attached hydrogen (secondary N) is 3. The number of aliphatic hydroxyl groups excluding tert-OH is 1. The molecule has 1 aliphatic rings. The average molecular weight is 681 g/mol. The molecule has 0 bridgehead atoms. The van der Waals surface area contributed by atoms with Gasteiger partial charge in [-0.3, -0.25) is 14.5 Å². The summed E-state index contributed by atoms with van der Waals surface area (Å²) in [4.78, 5) is 43.5. The van der Waals surface area contributed by atoms with Gasteiger partial charge in [0.05, 0.1) is 42.4 Å². The number of fused-ring (bicyclic) bond motifs is 1. The van der Waals surface area contributed by atoms with Crippen LogP contribution in [-0.2, 0) is 6.54 Å². The molecule has 12 nitrogen and oxygen atoms in total. The van der Waals surface area contributed by atoms with Crippen molar-refractivity contribution in [2.45, 2.75) is 32.5 Å². The van der Waals surface area contributed by atoms with Crippen molar-refractivity contribution in [1.82, 2.24) is 9.80 Å². The number of nitrogen functional groups attached to an aromatic ring is 1. The fraction of sp³-hybridized carbons (Fsp3) is 0.289. The van der Waals surface area contributed by atoms with Crippen LogP contribution in [0.1, 0.15) is 40.1 Å². The highest BCUT2D eigenvalue weighted by Gasteiger charge is 2.34. The van der Waals surface area contributed by atoms with Gasteiger partial charge in [-0.05, 0) is 80.2 Å². The lowest BCUT2D eigenvalue weighted by Crippen LogP contribution is -2.49. The van der Waals surface area contributed by atoms with Crippen molar-refractivity contribution in [3.63, 3.8) is 0 Å². The molecule has 4 aromatic carbocycles. The van der Waals surface area contributed by atoms with E-state index in [-0.39, 0.29) is 30.1 Å². The molecule has 262 valence electrons. The number of aliphatic hydroxyl groups is 1. The quantitative estimate of drug-likeness (QED) is 0.130. The molecule has 4 amide bonds. The van der Waals surface area contributed by atoms with Crippen LogP contribution < -0.4 is 31.2 Å². The van der Waals surface area contributed by atoms with E-state index in [1.54, 1.807) is 85.7 Å². The molecule has 12 heteroatoms. The molecular weight excluding hydrogens is 636 g/mol. The molecule has 1 aliphatic heterocycles. The minimum atomic E-state index is -0.506. The van der Waals surface area contributed by atoms with Crippen LogP contribution in [0.25, 0.3) is 0 Å². The van der Waals surface area contributed by atoms with Crippen LogP contribution in [0.2, 0.25) is 0 Å². The number of hydrogen-bond acceptors (Lipinski definition) is 8. The minimum Gasteiger partial charge on any atom is -0.497 e. The zero-order valence-electron chi connectivity index (χ0n) is 28.7. The molecule has 0 saturated carbocycles. The largest absolute Gasteiger partial charge is 0.497 e. The third-order valence-electron chi connectivity index (χ3n) is 8.66. The molecule has 0 unspecified atom stereocenters. The molecule has 6 N–H and O–H groups in total. The number of para-hydroxylation sites is 3. The Morgan fingerprint density at radius 1 is 0.980 bits per heavy atom. The van der Waals surface area contributed by atoms with E-state index in [2.05, 4.69) is 20.9 Å². The molecule has 1 heterocycles. The summed E-state index contributed by atoms with van der Waals surface area (Å²) in [5.74, 6) is 0.237. The van der Waals surface area contributed by atoms with Gasteiger partial charge in [-0.2, -0.15) is 0 Å². The van der Waals surface area contributed by atoms with Gasteiger partial charge in [0, 0.05) is 36.8 Å². The molecule has 0 aliphatic carbocycles. The lowest BCUT2D eigenvalue weighted by molar-refractivity contribution is 0.0343. The molecule has 0 spiro atoms. The van der Waals surface area contributed by atoms with E-state index in [0.29, 0.717) is 59.3 Å². The minimum absolute atomic E-state index is 0.138. The maximum Gasteiger partial charge on any atom is 0.323 e. The Bertz CT molecular complexity index is 1800. The van der Waals surface area contributed by atoms with Gasteiger partial charge in [-0.25, -0.2) is 4.79 Å². The number of nitrogens with two attached hydrogens (primary N) is 1. The van der Waals surface area contributed by atoms with Crippen LogP contribution in [0.5, 0.6) is 11.5 Å². The van der Waals surface area contributed by atoms with E-state index < -0.39 is 18.2 Å². The average Bonchev–Trinajstić information content (AvgIpc) is 3.11. The van der Waals surface area contributed by atoms with Crippen molar-refractivity contribution >= 4 is 40.6 Å². The summed E-state index contributed by atoms with van der Waals surface area (Å²) in [6.07, 6.45) is -0.394. The first-order valence-electron chi connectivity index (χ1n) is 16.4. The zero-order valence-corrected chi connectivity index (χ0v) is 28.7. The van der Waals surface area contributed by atoms with Crippen molar-refractivity contribution in [3.8, 4) is 11.5 Å². The van der Waals surface area contributed by atoms with Gasteiger partial charge in [0.15, 0.2) is 5.75 Å². The summed E-state index contributed by atoms with van der Waals surface area (Å²) in [5.41, 5.74) is 9.71. The molecule has 5 rings (SSSR count). The van der Waals surface area contributed by atoms with Gasteiger partial charge in [0.2, 0.25) is 0 Å². The van der Waals surface area contributed by atoms with Gasteiger partial charge in [0.25, 0.3) is 11.8 Å². The lowest BCUT2D eigenvalue weighted by Gasteiger charge is -2.38. The zero-order chi connectivity index (χ0) is 35.8. The first-order valence-corrected chi connectivity index (χ1v) is 16.4. The fourth-order valence-electron chi connectivity index (χ4n) is 5.77. The topological polar surface area (TPSA) is 158 Å². The highest BCUT2D eigenvalue weighted by molar-refractivity contribution is 6.06. The van der Waals surface area contributed by atoms with Gasteiger partial charge >= 0.3 is 6.03 Å². The fourth-order valence-corrected chi connectivity index (χ4v) is 5.77. The summed E-state index contributed by atoms with van der Waals surface area (Å²) in [6.45, 7) is 5.02. The van der Waals surface area contributed by atoms with E-state index in [1.165, 1.54) is 0 Å². The second-order valence-electron chi connectivity index (χ2n) is 12.5. The number of hydrogen-bond donors (Lipinski definition) is 5. The van der Waals surface area contributed by atoms with Crippen LogP contribution in [0, 0.1) is 5.92 Å². The number of rotatable bonds is 11. The summed E-state index contributed by atoms with van der Waals surface area (Å²) in [6, 6.07) is 25.5. The Hall–Kier alpha value is -5.59. The Kier molecular flexibility index (Phi) is 11.6. The van der Waals surface area contributed by atoms with Crippen LogP contribution in [0.3, 0.4) is 0 Å². The normalized spacial score (nSPS) is 16.4. The Balaban J connectivity index is 1.32. The number of amides is 4. The summed E-state index contributed by atoms with van der Waals surface area (Å²) in [5, 5.41) is 18.5. The predicted molar refractivity (Wildman–Crippen MR) is 195 cm³/mol. The first kappa shape index (κ1) is 35.7. The Morgan fingerprint density at radius 3 is 2.36 bits per heavy atom. The summed E-state index contributed by atoms with van der Waals surface area (Å²) in [7, 11) is 3.54. The smallest absolute Gasteiger partial charge is 0.323 e. The Morgan fingerprint density at radius 2 is 1.68 bits per heavy atom. The number of carbonyl (C=O) groups excluding carboxylic acids is 3. The lowest BCUT2D eigenvalue weighted by atomic mass is 9.98. The number of anilines is 4. The highest BCUT2D eigenvalue weighted by atomic mass is 16.5. The number of ether oxygens (including phenoxy) is 2. The second-order valence-corrected chi connectivity index (χ2v) is 12.5. The van der Waals surface area contributed by atoms with E-state index in [1.807, 2.05) is 38.2 Å². The molecule has 0 saturated heterocycles. The molecule has 3 atom stereocenters. The van der Waals surface area contributed by atoms with E-state index in [4.69, 9.17) is 15.2 Å². The third-order valence-corrected chi connectivity index (χ3v) is 8.66. The summed E-state index contributed by atoms with van der Waals surface area (Å²) >= 11 is 0. The van der Waals surface area contributed by atoms with Crippen LogP contribution >= 0.6 is 0 Å². The molecule has 4 aromatic rings. The van der Waals surface area contributed by atoms with Gasteiger partial charge in [-0.15, -0.1) is 0 Å². The molecule has 0 aromatic heterocycles. The Labute approximate surface area is 292 Å². The number of benzene rings is 4. The van der Waals surface area contributed by atoms with Crippen molar-refractivity contribution in [2.75, 3.05) is 55.5 Å². The van der Waals surface area contributed by atoms with Crippen molar-refractivity contribution in [2.24, 2.45) is 5.92 Å². The molecule has 50 heavy (non-hydrogen) atoms. The van der Waals surface area contributed by atoms with Gasteiger partial charge in [0.1, 0.15) is 11.9 Å². The van der Waals surface area contributed by atoms with Crippen molar-refractivity contribution in [3.05, 3.63) is 108 Å². The number of urea groups is 1. The van der Waals surface area contributed by atoms with Crippen LogP contribution in [0.4, 0.5) is 27.5 Å². The van der Waals surface area contributed by atoms with Gasteiger partial charge < -0.3 is 41.2 Å². The predicted octanol–water partition coefficient (Wildman–Crippen LogP) is 5.53. The highest BCUT2D eigenvalue weighted by Crippen LogP contribution is 2.35. The van der Waals surface area contributed by atoms with E-state index >= 15 is 0 Å². The number of nitrogens with zero attached hydrogens (tertiary/aromatic N) is 2. The van der Waals surface area contributed by atoms with Crippen molar-refractivity contribution in [1.29, 1.82) is 0 Å². The van der Waals surface area contributed by atoms with Crippen LogP contribution in [0.15, 0.2) is 91.0 Å². The summed E-state index contributed by atoms with van der Waals surface area (Å²) < 4.78 is 11.8. The standard InChI is InChI=1S/C38H44N6O6/c1-24-20-44(25(2)23-45)37(47)30-8-7-11-33(42-38(48)40-28-16-18-29(49-4)19-17-28)35(30)50-34(24)22-43(3)21-26-12-14-27(15-13-26)36(46)41-32-10-6-5-9-31(32)39/h5-19,24-25,34,45H,20-23,39H2,1-4H3,(H,41,46)(H2,40,42,48)/t24-,25-,34+/m0/s1. The number of likely N-dealkylation sites (N-methyl/N-ethyl adjacent to an activating group) is 1. The molecular formula is C38H44N6O6.